The van der Waals surface area contributed by atoms with Crippen LogP contribution in [0.15, 0.2) is 60.7 Å². The first-order chi connectivity index (χ1) is 11.6. The van der Waals surface area contributed by atoms with Crippen molar-refractivity contribution in [1.82, 2.24) is 9.97 Å². The Morgan fingerprint density at radius 2 is 1.75 bits per heavy atom. The third-order valence-electron chi connectivity index (χ3n) is 3.35. The van der Waals surface area contributed by atoms with Gasteiger partial charge in [0, 0.05) is 30.3 Å². The molecule has 6 nitrogen and oxygen atoms in total. The largest absolute Gasteiger partial charge is 0.366 e. The summed E-state index contributed by atoms with van der Waals surface area (Å²) < 4.78 is 0. The molecule has 1 heterocycles. The first-order valence-electron chi connectivity index (χ1n) is 7.19. The summed E-state index contributed by atoms with van der Waals surface area (Å²) in [5.74, 6) is 1.13. The number of nitrogens with zero attached hydrogens (tertiary/aromatic N) is 3. The van der Waals surface area contributed by atoms with E-state index < -0.39 is 4.92 Å². The number of anilines is 1. The molecule has 24 heavy (non-hydrogen) atoms. The number of rotatable bonds is 5. The molecule has 0 amide bonds. The number of nitro benzene ring substituents is 1. The maximum Gasteiger partial charge on any atom is 0.269 e. The van der Waals surface area contributed by atoms with E-state index in [2.05, 4.69) is 15.3 Å². The van der Waals surface area contributed by atoms with Crippen LogP contribution in [0.25, 0.3) is 11.4 Å². The Kier molecular flexibility index (Phi) is 4.67. The van der Waals surface area contributed by atoms with Gasteiger partial charge in [-0.3, -0.25) is 10.1 Å². The minimum Gasteiger partial charge on any atom is -0.366 e. The fourth-order valence-electron chi connectivity index (χ4n) is 2.15. The third-order valence-corrected chi connectivity index (χ3v) is 3.54. The second-order valence-corrected chi connectivity index (χ2v) is 5.43. The molecule has 0 radical (unpaired) electrons. The highest BCUT2D eigenvalue weighted by molar-refractivity contribution is 6.29. The van der Waals surface area contributed by atoms with E-state index in [4.69, 9.17) is 11.6 Å². The first-order valence-corrected chi connectivity index (χ1v) is 7.57. The van der Waals surface area contributed by atoms with Crippen LogP contribution < -0.4 is 5.32 Å². The fraction of sp³-hybridized carbons (Fsp3) is 0.0588. The van der Waals surface area contributed by atoms with Crippen LogP contribution in [0.3, 0.4) is 0 Å². The van der Waals surface area contributed by atoms with Crippen molar-refractivity contribution in [2.24, 2.45) is 0 Å². The summed E-state index contributed by atoms with van der Waals surface area (Å²) in [6, 6.07) is 17.5. The summed E-state index contributed by atoms with van der Waals surface area (Å²) in [4.78, 5) is 18.9. The molecule has 0 saturated heterocycles. The van der Waals surface area contributed by atoms with Crippen molar-refractivity contribution >= 4 is 23.1 Å². The number of benzene rings is 2. The van der Waals surface area contributed by atoms with Gasteiger partial charge >= 0.3 is 0 Å². The Bertz CT molecular complexity index is 854. The van der Waals surface area contributed by atoms with Crippen molar-refractivity contribution in [3.8, 4) is 11.4 Å². The van der Waals surface area contributed by atoms with Gasteiger partial charge in [0.2, 0.25) is 0 Å². The monoisotopic (exact) mass is 340 g/mol. The predicted molar refractivity (Wildman–Crippen MR) is 92.9 cm³/mol. The SMILES string of the molecule is O=[N+]([O-])c1ccc(CNc2cc(Cl)nc(-c3ccccc3)n2)cc1. The normalized spacial score (nSPS) is 10.4. The molecule has 0 saturated carbocycles. The zero-order valence-electron chi connectivity index (χ0n) is 12.5. The number of nitro groups is 1. The lowest BCUT2D eigenvalue weighted by atomic mass is 10.2. The van der Waals surface area contributed by atoms with Gasteiger partial charge in [-0.1, -0.05) is 54.1 Å². The van der Waals surface area contributed by atoms with Gasteiger partial charge in [0.15, 0.2) is 5.82 Å². The molecule has 0 aliphatic heterocycles. The lowest BCUT2D eigenvalue weighted by Gasteiger charge is -2.08. The molecule has 0 atom stereocenters. The maximum absolute atomic E-state index is 10.7. The molecule has 0 bridgehead atoms. The highest BCUT2D eigenvalue weighted by Crippen LogP contribution is 2.20. The van der Waals surface area contributed by atoms with E-state index in [1.165, 1.54) is 12.1 Å². The molecule has 2 aromatic carbocycles. The number of hydrogen-bond donors (Lipinski definition) is 1. The molecule has 0 aliphatic rings. The lowest BCUT2D eigenvalue weighted by Crippen LogP contribution is -2.03. The van der Waals surface area contributed by atoms with Gasteiger partial charge in [0.1, 0.15) is 11.0 Å². The van der Waals surface area contributed by atoms with Crippen molar-refractivity contribution < 1.29 is 4.92 Å². The molecular formula is C17H13ClN4O2. The highest BCUT2D eigenvalue weighted by atomic mass is 35.5. The van der Waals surface area contributed by atoms with Gasteiger partial charge in [-0.05, 0) is 5.56 Å². The van der Waals surface area contributed by atoms with Crippen LogP contribution in [0, 0.1) is 10.1 Å². The van der Waals surface area contributed by atoms with E-state index in [1.54, 1.807) is 18.2 Å². The molecule has 0 fully saturated rings. The second-order valence-electron chi connectivity index (χ2n) is 5.04. The van der Waals surface area contributed by atoms with Crippen molar-refractivity contribution in [2.75, 3.05) is 5.32 Å². The Hall–Kier alpha value is -2.99. The molecule has 0 aliphatic carbocycles. The van der Waals surface area contributed by atoms with Crippen molar-refractivity contribution in [2.45, 2.75) is 6.54 Å². The van der Waals surface area contributed by atoms with Crippen LogP contribution in [-0.2, 0) is 6.54 Å². The average Bonchev–Trinajstić information content (AvgIpc) is 2.60. The molecule has 3 rings (SSSR count). The molecule has 0 unspecified atom stereocenters. The van der Waals surface area contributed by atoms with Gasteiger partial charge in [-0.2, -0.15) is 0 Å². The lowest BCUT2D eigenvalue weighted by molar-refractivity contribution is -0.384. The van der Waals surface area contributed by atoms with Crippen molar-refractivity contribution in [3.63, 3.8) is 0 Å². The van der Waals surface area contributed by atoms with Gasteiger partial charge < -0.3 is 5.32 Å². The van der Waals surface area contributed by atoms with Gasteiger partial charge in [-0.25, -0.2) is 9.97 Å². The standard InChI is InChI=1S/C17H13ClN4O2/c18-15-10-16(21-17(20-15)13-4-2-1-3-5-13)19-11-12-6-8-14(9-7-12)22(23)24/h1-10H,11H2,(H,19,20,21). The van der Waals surface area contributed by atoms with Crippen LogP contribution in [0.4, 0.5) is 11.5 Å². The Morgan fingerprint density at radius 1 is 1.04 bits per heavy atom. The molecule has 3 aromatic rings. The molecule has 7 heteroatoms. The Labute approximate surface area is 143 Å². The fourth-order valence-corrected chi connectivity index (χ4v) is 2.34. The number of nitrogens with one attached hydrogen (secondary N) is 1. The Balaban J connectivity index is 1.75. The smallest absolute Gasteiger partial charge is 0.269 e. The molecule has 1 N–H and O–H groups in total. The van der Waals surface area contributed by atoms with E-state index in [9.17, 15) is 10.1 Å². The van der Waals surface area contributed by atoms with E-state index >= 15 is 0 Å². The summed E-state index contributed by atoms with van der Waals surface area (Å²) in [6.45, 7) is 0.472. The van der Waals surface area contributed by atoms with Crippen LogP contribution in [0.1, 0.15) is 5.56 Å². The maximum atomic E-state index is 10.7. The second kappa shape index (κ2) is 7.06. The average molecular weight is 341 g/mol. The minimum atomic E-state index is -0.423. The summed E-state index contributed by atoms with van der Waals surface area (Å²) in [6.07, 6.45) is 0. The van der Waals surface area contributed by atoms with Crippen LogP contribution in [0.2, 0.25) is 5.15 Å². The van der Waals surface area contributed by atoms with Gasteiger partial charge in [-0.15, -0.1) is 0 Å². The highest BCUT2D eigenvalue weighted by Gasteiger charge is 2.07. The molecular weight excluding hydrogens is 328 g/mol. The molecule has 1 aromatic heterocycles. The molecule has 120 valence electrons. The van der Waals surface area contributed by atoms with E-state index in [-0.39, 0.29) is 5.69 Å². The number of aromatic nitrogens is 2. The quantitative estimate of drug-likeness (QED) is 0.425. The summed E-state index contributed by atoms with van der Waals surface area (Å²) in [5.41, 5.74) is 1.84. The zero-order chi connectivity index (χ0) is 16.9. The van der Waals surface area contributed by atoms with E-state index in [0.717, 1.165) is 11.1 Å². The topological polar surface area (TPSA) is 81.0 Å². The number of halogens is 1. The minimum absolute atomic E-state index is 0.0650. The summed E-state index contributed by atoms with van der Waals surface area (Å²) >= 11 is 6.07. The zero-order valence-corrected chi connectivity index (χ0v) is 13.3. The van der Waals surface area contributed by atoms with E-state index in [0.29, 0.717) is 23.3 Å². The molecule has 0 spiro atoms. The number of non-ortho nitro benzene ring substituents is 1. The Morgan fingerprint density at radius 3 is 2.42 bits per heavy atom. The van der Waals surface area contributed by atoms with E-state index in [1.807, 2.05) is 30.3 Å². The van der Waals surface area contributed by atoms with Gasteiger partial charge in [0.25, 0.3) is 5.69 Å². The summed E-state index contributed by atoms with van der Waals surface area (Å²) in [5, 5.41) is 14.2. The predicted octanol–water partition coefficient (Wildman–Crippen LogP) is 4.32. The van der Waals surface area contributed by atoms with Crippen LogP contribution in [0.5, 0.6) is 0 Å². The third kappa shape index (κ3) is 3.85. The van der Waals surface area contributed by atoms with Crippen LogP contribution in [-0.4, -0.2) is 14.9 Å². The van der Waals surface area contributed by atoms with Crippen molar-refractivity contribution in [3.05, 3.63) is 81.5 Å². The van der Waals surface area contributed by atoms with Crippen molar-refractivity contribution in [1.29, 1.82) is 0 Å². The number of hydrogen-bond acceptors (Lipinski definition) is 5. The van der Waals surface area contributed by atoms with Gasteiger partial charge in [0.05, 0.1) is 4.92 Å². The van der Waals surface area contributed by atoms with Crippen LogP contribution >= 0.6 is 11.6 Å². The first kappa shape index (κ1) is 15.9. The summed E-state index contributed by atoms with van der Waals surface area (Å²) in [7, 11) is 0.